The standard InChI is InChI=1S/C9H17O4/c1-4-8(10)13-7-9(11-5-2)12-6-3/h9H,1,4-7H2,2-3H3. The van der Waals surface area contributed by atoms with Crippen molar-refractivity contribution < 1.29 is 19.0 Å². The fourth-order valence-electron chi connectivity index (χ4n) is 0.749. The molecule has 0 aliphatic heterocycles. The van der Waals surface area contributed by atoms with Gasteiger partial charge in [-0.05, 0) is 20.8 Å². The topological polar surface area (TPSA) is 44.8 Å². The summed E-state index contributed by atoms with van der Waals surface area (Å²) in [7, 11) is 0. The third-order valence-electron chi connectivity index (χ3n) is 1.29. The molecular formula is C9H17O4. The molecule has 0 amide bonds. The van der Waals surface area contributed by atoms with E-state index in [9.17, 15) is 4.79 Å². The predicted molar refractivity (Wildman–Crippen MR) is 48.0 cm³/mol. The molecule has 0 aromatic rings. The van der Waals surface area contributed by atoms with Gasteiger partial charge in [-0.1, -0.05) is 0 Å². The molecular weight excluding hydrogens is 172 g/mol. The van der Waals surface area contributed by atoms with Crippen LogP contribution in [-0.2, 0) is 19.0 Å². The first-order valence-electron chi connectivity index (χ1n) is 4.42. The summed E-state index contributed by atoms with van der Waals surface area (Å²) < 4.78 is 15.1. The minimum atomic E-state index is -0.453. The summed E-state index contributed by atoms with van der Waals surface area (Å²) in [6.07, 6.45) is -0.323. The van der Waals surface area contributed by atoms with Crippen molar-refractivity contribution in [2.75, 3.05) is 19.8 Å². The Morgan fingerprint density at radius 1 is 1.31 bits per heavy atom. The Morgan fingerprint density at radius 3 is 2.23 bits per heavy atom. The van der Waals surface area contributed by atoms with Gasteiger partial charge in [-0.3, -0.25) is 4.79 Å². The zero-order valence-corrected chi connectivity index (χ0v) is 8.25. The third kappa shape index (κ3) is 6.54. The van der Waals surface area contributed by atoms with Gasteiger partial charge >= 0.3 is 5.97 Å². The van der Waals surface area contributed by atoms with Gasteiger partial charge in [0.1, 0.15) is 6.61 Å². The average Bonchev–Trinajstić information content (AvgIpc) is 2.14. The molecule has 0 saturated heterocycles. The van der Waals surface area contributed by atoms with Gasteiger partial charge in [-0.15, -0.1) is 0 Å². The summed E-state index contributed by atoms with van der Waals surface area (Å²) in [4.78, 5) is 10.7. The van der Waals surface area contributed by atoms with Gasteiger partial charge in [0, 0.05) is 19.6 Å². The zero-order valence-electron chi connectivity index (χ0n) is 8.25. The van der Waals surface area contributed by atoms with Gasteiger partial charge in [0.25, 0.3) is 0 Å². The van der Waals surface area contributed by atoms with Crippen molar-refractivity contribution in [3.05, 3.63) is 6.92 Å². The first-order valence-corrected chi connectivity index (χ1v) is 4.42. The molecule has 4 nitrogen and oxygen atoms in total. The molecule has 4 heteroatoms. The Labute approximate surface area is 79.2 Å². The molecule has 13 heavy (non-hydrogen) atoms. The number of carbonyl (C=O) groups excluding carboxylic acids is 1. The summed E-state index contributed by atoms with van der Waals surface area (Å²) in [6.45, 7) is 8.32. The van der Waals surface area contributed by atoms with Crippen molar-refractivity contribution in [2.24, 2.45) is 0 Å². The largest absolute Gasteiger partial charge is 0.460 e. The van der Waals surface area contributed by atoms with E-state index >= 15 is 0 Å². The summed E-state index contributed by atoms with van der Waals surface area (Å²) in [6, 6.07) is 0. The van der Waals surface area contributed by atoms with Gasteiger partial charge in [-0.2, -0.15) is 0 Å². The van der Waals surface area contributed by atoms with E-state index in [1.807, 2.05) is 13.8 Å². The predicted octanol–water partition coefficient (Wildman–Crippen LogP) is 1.15. The maximum atomic E-state index is 10.7. The van der Waals surface area contributed by atoms with Gasteiger partial charge in [0.05, 0.1) is 0 Å². The van der Waals surface area contributed by atoms with Crippen molar-refractivity contribution in [3.8, 4) is 0 Å². The molecule has 0 rings (SSSR count). The highest BCUT2D eigenvalue weighted by atomic mass is 16.7. The van der Waals surface area contributed by atoms with Crippen LogP contribution < -0.4 is 0 Å². The van der Waals surface area contributed by atoms with Crippen LogP contribution in [0.25, 0.3) is 0 Å². The van der Waals surface area contributed by atoms with E-state index in [1.54, 1.807) is 0 Å². The van der Waals surface area contributed by atoms with Gasteiger partial charge in [-0.25, -0.2) is 0 Å². The van der Waals surface area contributed by atoms with Crippen molar-refractivity contribution in [2.45, 2.75) is 26.6 Å². The quantitative estimate of drug-likeness (QED) is 0.445. The van der Waals surface area contributed by atoms with Crippen LogP contribution in [0.2, 0.25) is 0 Å². The smallest absolute Gasteiger partial charge is 0.305 e. The van der Waals surface area contributed by atoms with Crippen LogP contribution >= 0.6 is 0 Å². The summed E-state index contributed by atoms with van der Waals surface area (Å²) >= 11 is 0. The molecule has 1 radical (unpaired) electrons. The normalized spacial score (nSPS) is 10.5. The van der Waals surface area contributed by atoms with E-state index in [4.69, 9.17) is 14.2 Å². The van der Waals surface area contributed by atoms with E-state index in [1.165, 1.54) is 0 Å². The number of rotatable bonds is 7. The third-order valence-corrected chi connectivity index (χ3v) is 1.29. The van der Waals surface area contributed by atoms with Crippen LogP contribution in [0.4, 0.5) is 0 Å². The van der Waals surface area contributed by atoms with Crippen LogP contribution in [0.5, 0.6) is 0 Å². The summed E-state index contributed by atoms with van der Waals surface area (Å²) in [5.74, 6) is -0.343. The fraction of sp³-hybridized carbons (Fsp3) is 0.778. The second-order valence-electron chi connectivity index (χ2n) is 2.27. The molecule has 0 spiro atoms. The molecule has 0 atom stereocenters. The van der Waals surface area contributed by atoms with Crippen LogP contribution in [0.15, 0.2) is 0 Å². The molecule has 0 heterocycles. The number of esters is 1. The maximum absolute atomic E-state index is 10.7. The molecule has 0 fully saturated rings. The Balaban J connectivity index is 3.61. The van der Waals surface area contributed by atoms with Gasteiger partial charge in [0.2, 0.25) is 0 Å². The highest BCUT2D eigenvalue weighted by molar-refractivity contribution is 5.69. The van der Waals surface area contributed by atoms with E-state index in [0.717, 1.165) is 0 Å². The van der Waals surface area contributed by atoms with E-state index in [0.29, 0.717) is 13.2 Å². The Morgan fingerprint density at radius 2 is 1.85 bits per heavy atom. The van der Waals surface area contributed by atoms with Crippen molar-refractivity contribution >= 4 is 5.97 Å². The molecule has 0 bridgehead atoms. The Kier molecular flexibility index (Phi) is 7.63. The number of hydrogen-bond acceptors (Lipinski definition) is 4. The molecule has 0 aromatic heterocycles. The molecule has 77 valence electrons. The lowest BCUT2D eigenvalue weighted by molar-refractivity contribution is -0.179. The molecule has 0 unspecified atom stereocenters. The van der Waals surface area contributed by atoms with Crippen LogP contribution in [0, 0.1) is 6.92 Å². The van der Waals surface area contributed by atoms with Crippen molar-refractivity contribution in [1.82, 2.24) is 0 Å². The lowest BCUT2D eigenvalue weighted by Crippen LogP contribution is -2.25. The van der Waals surface area contributed by atoms with Crippen molar-refractivity contribution in [1.29, 1.82) is 0 Å². The Hall–Kier alpha value is -0.610. The van der Waals surface area contributed by atoms with E-state index in [-0.39, 0.29) is 19.0 Å². The van der Waals surface area contributed by atoms with E-state index < -0.39 is 6.29 Å². The minimum absolute atomic E-state index is 0.130. The highest BCUT2D eigenvalue weighted by Gasteiger charge is 2.10. The molecule has 0 aliphatic carbocycles. The van der Waals surface area contributed by atoms with Gasteiger partial charge in [0.15, 0.2) is 6.29 Å². The lowest BCUT2D eigenvalue weighted by atomic mass is 10.5. The molecule has 0 aromatic carbocycles. The monoisotopic (exact) mass is 189 g/mol. The zero-order chi connectivity index (χ0) is 10.1. The van der Waals surface area contributed by atoms with Crippen LogP contribution in [-0.4, -0.2) is 32.1 Å². The SMILES string of the molecule is [CH2]CC(=O)OCC(OCC)OCC. The minimum Gasteiger partial charge on any atom is -0.460 e. The molecule has 0 aliphatic rings. The van der Waals surface area contributed by atoms with E-state index in [2.05, 4.69) is 6.92 Å². The molecule has 0 N–H and O–H groups in total. The summed E-state index contributed by atoms with van der Waals surface area (Å²) in [5, 5.41) is 0. The number of hydrogen-bond donors (Lipinski definition) is 0. The second kappa shape index (κ2) is 8.01. The van der Waals surface area contributed by atoms with Crippen molar-refractivity contribution in [3.63, 3.8) is 0 Å². The highest BCUT2D eigenvalue weighted by Crippen LogP contribution is 1.97. The summed E-state index contributed by atoms with van der Waals surface area (Å²) in [5.41, 5.74) is 0. The van der Waals surface area contributed by atoms with Crippen LogP contribution in [0.1, 0.15) is 20.3 Å². The first-order chi connectivity index (χ1) is 6.24. The maximum Gasteiger partial charge on any atom is 0.305 e. The average molecular weight is 189 g/mol. The number of carbonyl (C=O) groups is 1. The lowest BCUT2D eigenvalue weighted by Gasteiger charge is -2.16. The van der Waals surface area contributed by atoms with Crippen LogP contribution in [0.3, 0.4) is 0 Å². The first kappa shape index (κ1) is 12.4. The second-order valence-corrected chi connectivity index (χ2v) is 2.27. The van der Waals surface area contributed by atoms with Gasteiger partial charge < -0.3 is 14.2 Å². The number of ether oxygens (including phenoxy) is 3. The fourth-order valence-corrected chi connectivity index (χ4v) is 0.749. The Bertz CT molecular complexity index is 130. The molecule has 0 saturated carbocycles.